The maximum Gasteiger partial charge on any atom is 0.305 e. The Hall–Kier alpha value is -3.68. The summed E-state index contributed by atoms with van der Waals surface area (Å²) in [4.78, 5) is 37.3. The lowest BCUT2D eigenvalue weighted by Crippen LogP contribution is -2.38. The van der Waals surface area contributed by atoms with Crippen molar-refractivity contribution in [1.82, 2.24) is 4.90 Å². The lowest BCUT2D eigenvalue weighted by Gasteiger charge is -2.28. The summed E-state index contributed by atoms with van der Waals surface area (Å²) in [5.74, 6) is -1.60. The van der Waals surface area contributed by atoms with Gasteiger partial charge in [0.05, 0.1) is 6.42 Å². The number of nitrogens with one attached hydrogen (secondary N) is 2. The minimum Gasteiger partial charge on any atom is -0.481 e. The normalized spacial score (nSPS) is 13.0. The van der Waals surface area contributed by atoms with Gasteiger partial charge in [-0.15, -0.1) is 0 Å². The van der Waals surface area contributed by atoms with E-state index in [1.54, 1.807) is 42.5 Å². The number of carboxylic acids is 1. The van der Waals surface area contributed by atoms with Crippen LogP contribution in [0.2, 0.25) is 0 Å². The van der Waals surface area contributed by atoms with E-state index in [4.69, 9.17) is 16.2 Å². The topological polar surface area (TPSA) is 137 Å². The summed E-state index contributed by atoms with van der Waals surface area (Å²) in [6.45, 7) is 0.639. The lowest BCUT2D eigenvalue weighted by atomic mass is 9.98. The number of carboxylic acid groups (broad SMARTS) is 1. The Kier molecular flexibility index (Phi) is 5.39. The van der Waals surface area contributed by atoms with Crippen LogP contribution in [0, 0.1) is 5.41 Å². The molecule has 8 nitrogen and oxygen atoms in total. The first-order chi connectivity index (χ1) is 13.3. The second kappa shape index (κ2) is 7.91. The van der Waals surface area contributed by atoms with Gasteiger partial charge in [-0.25, -0.2) is 0 Å². The number of fused-ring (bicyclic) bond motifs is 1. The third-order valence-electron chi connectivity index (χ3n) is 4.59. The lowest BCUT2D eigenvalue weighted by molar-refractivity contribution is -0.137. The van der Waals surface area contributed by atoms with E-state index in [1.165, 1.54) is 4.90 Å². The fraction of sp³-hybridized carbons (Fsp3) is 0.200. The molecule has 1 aliphatic heterocycles. The van der Waals surface area contributed by atoms with Crippen LogP contribution in [0.1, 0.15) is 38.3 Å². The van der Waals surface area contributed by atoms with Crippen molar-refractivity contribution in [3.63, 3.8) is 0 Å². The monoisotopic (exact) mass is 380 g/mol. The van der Waals surface area contributed by atoms with Crippen molar-refractivity contribution in [2.45, 2.75) is 12.8 Å². The summed E-state index contributed by atoms with van der Waals surface area (Å²) < 4.78 is 0. The van der Waals surface area contributed by atoms with Gasteiger partial charge >= 0.3 is 5.97 Å². The number of anilines is 1. The molecule has 2 amide bonds. The van der Waals surface area contributed by atoms with Crippen LogP contribution in [0.25, 0.3) is 0 Å². The van der Waals surface area contributed by atoms with Crippen molar-refractivity contribution in [3.8, 4) is 0 Å². The zero-order valence-electron chi connectivity index (χ0n) is 15.1. The Morgan fingerprint density at radius 1 is 1.14 bits per heavy atom. The predicted molar refractivity (Wildman–Crippen MR) is 104 cm³/mol. The number of carbonyl (C=O) groups is 3. The van der Waals surface area contributed by atoms with Crippen molar-refractivity contribution in [2.24, 2.45) is 5.73 Å². The molecule has 2 aromatic rings. The number of nitrogens with two attached hydrogens (primary N) is 1. The fourth-order valence-electron chi connectivity index (χ4n) is 3.05. The molecule has 0 spiro atoms. The zero-order valence-corrected chi connectivity index (χ0v) is 15.1. The molecule has 0 aliphatic carbocycles. The zero-order chi connectivity index (χ0) is 20.3. The van der Waals surface area contributed by atoms with Crippen LogP contribution < -0.4 is 11.1 Å². The Morgan fingerprint density at radius 3 is 2.46 bits per heavy atom. The minimum atomic E-state index is -0.949. The summed E-state index contributed by atoms with van der Waals surface area (Å²) in [6, 6.07) is 11.5. The molecule has 8 heteroatoms. The highest BCUT2D eigenvalue weighted by Crippen LogP contribution is 2.23. The van der Waals surface area contributed by atoms with Crippen LogP contribution in [0.5, 0.6) is 0 Å². The average Bonchev–Trinajstić information content (AvgIpc) is 2.67. The Balaban J connectivity index is 1.74. The molecule has 144 valence electrons. The van der Waals surface area contributed by atoms with Gasteiger partial charge < -0.3 is 21.1 Å². The summed E-state index contributed by atoms with van der Waals surface area (Å²) >= 11 is 0. The summed E-state index contributed by atoms with van der Waals surface area (Å²) in [5.41, 5.74) is 8.16. The van der Waals surface area contributed by atoms with E-state index < -0.39 is 5.97 Å². The van der Waals surface area contributed by atoms with Crippen LogP contribution in [-0.4, -0.2) is 46.7 Å². The molecule has 5 N–H and O–H groups in total. The molecule has 0 saturated heterocycles. The van der Waals surface area contributed by atoms with Gasteiger partial charge in [0.15, 0.2) is 0 Å². The molecule has 0 atom stereocenters. The van der Waals surface area contributed by atoms with Gasteiger partial charge in [-0.1, -0.05) is 18.2 Å². The quantitative estimate of drug-likeness (QED) is 0.446. The predicted octanol–water partition coefficient (Wildman–Crippen LogP) is 1.70. The number of nitrogens with zero attached hydrogens (tertiary/aromatic N) is 1. The molecule has 0 aromatic heterocycles. The third kappa shape index (κ3) is 4.17. The van der Waals surface area contributed by atoms with Crippen LogP contribution in [0.15, 0.2) is 42.5 Å². The minimum absolute atomic E-state index is 0.0763. The second-order valence-corrected chi connectivity index (χ2v) is 6.50. The first-order valence-corrected chi connectivity index (χ1v) is 8.75. The molecule has 0 unspecified atom stereocenters. The Bertz CT molecular complexity index is 953. The molecule has 28 heavy (non-hydrogen) atoms. The largest absolute Gasteiger partial charge is 0.481 e. The fourth-order valence-corrected chi connectivity index (χ4v) is 3.05. The van der Waals surface area contributed by atoms with Crippen molar-refractivity contribution in [3.05, 3.63) is 64.7 Å². The van der Waals surface area contributed by atoms with Gasteiger partial charge in [0.2, 0.25) is 0 Å². The number of hydrogen-bond acceptors (Lipinski definition) is 4. The smallest absolute Gasteiger partial charge is 0.305 e. The molecule has 2 aromatic carbocycles. The van der Waals surface area contributed by atoms with Crippen LogP contribution in [-0.2, 0) is 11.2 Å². The van der Waals surface area contributed by atoms with Gasteiger partial charge in [-0.3, -0.25) is 19.8 Å². The van der Waals surface area contributed by atoms with E-state index in [9.17, 15) is 14.4 Å². The van der Waals surface area contributed by atoms with Gasteiger partial charge in [-0.05, 0) is 36.2 Å². The molecule has 1 aliphatic rings. The number of benzene rings is 2. The summed E-state index contributed by atoms with van der Waals surface area (Å²) in [7, 11) is 0. The molecular formula is C20H20N4O4. The molecule has 1 heterocycles. The molecule has 0 saturated carbocycles. The molecule has 0 fully saturated rings. The standard InChI is InChI=1S/C20H20N4O4/c21-18(22)13-1-3-14(4-2-13)19(27)23-15-6-5-12-7-9-24(10-8-17(25)26)20(28)16(12)11-15/h1-6,11H,7-10H2,(H3,21,22)(H,23,27)(H,25,26). The Morgan fingerprint density at radius 2 is 1.82 bits per heavy atom. The number of amidine groups is 1. The van der Waals surface area contributed by atoms with Crippen molar-refractivity contribution in [1.29, 1.82) is 5.41 Å². The van der Waals surface area contributed by atoms with Crippen molar-refractivity contribution >= 4 is 29.3 Å². The first-order valence-electron chi connectivity index (χ1n) is 8.75. The molecule has 0 bridgehead atoms. The molecule has 0 radical (unpaired) electrons. The number of amides is 2. The number of carbonyl (C=O) groups excluding carboxylic acids is 2. The first kappa shape index (κ1) is 19.1. The number of hydrogen-bond donors (Lipinski definition) is 4. The van der Waals surface area contributed by atoms with E-state index >= 15 is 0 Å². The highest BCUT2D eigenvalue weighted by atomic mass is 16.4. The van der Waals surface area contributed by atoms with Crippen LogP contribution in [0.3, 0.4) is 0 Å². The molecule has 3 rings (SSSR count). The second-order valence-electron chi connectivity index (χ2n) is 6.50. The van der Waals surface area contributed by atoms with Gasteiger partial charge in [0.25, 0.3) is 11.8 Å². The van der Waals surface area contributed by atoms with Crippen molar-refractivity contribution < 1.29 is 19.5 Å². The maximum atomic E-state index is 12.6. The highest BCUT2D eigenvalue weighted by molar-refractivity contribution is 6.06. The number of aliphatic carboxylic acids is 1. The van der Waals surface area contributed by atoms with E-state index in [0.717, 1.165) is 5.56 Å². The third-order valence-corrected chi connectivity index (χ3v) is 4.59. The Labute approximate surface area is 161 Å². The van der Waals surface area contributed by atoms with Crippen molar-refractivity contribution in [2.75, 3.05) is 18.4 Å². The van der Waals surface area contributed by atoms with E-state index in [2.05, 4.69) is 5.32 Å². The van der Waals surface area contributed by atoms with Gasteiger partial charge in [0, 0.05) is 35.5 Å². The van der Waals surface area contributed by atoms with Gasteiger partial charge in [-0.2, -0.15) is 0 Å². The number of rotatable bonds is 6. The molecular weight excluding hydrogens is 360 g/mol. The SMILES string of the molecule is N=C(N)c1ccc(C(=O)Nc2ccc3c(c2)C(=O)N(CCC(=O)O)CC3)cc1. The average molecular weight is 380 g/mol. The van der Waals surface area contributed by atoms with E-state index in [1.807, 2.05) is 0 Å². The summed E-state index contributed by atoms with van der Waals surface area (Å²) in [5, 5.41) is 19.0. The summed E-state index contributed by atoms with van der Waals surface area (Å²) in [6.07, 6.45) is 0.537. The van der Waals surface area contributed by atoms with Gasteiger partial charge in [0.1, 0.15) is 5.84 Å². The number of nitrogen functional groups attached to an aromatic ring is 1. The van der Waals surface area contributed by atoms with Crippen LogP contribution >= 0.6 is 0 Å². The maximum absolute atomic E-state index is 12.6. The highest BCUT2D eigenvalue weighted by Gasteiger charge is 2.25. The van der Waals surface area contributed by atoms with Crippen LogP contribution in [0.4, 0.5) is 5.69 Å². The van der Waals surface area contributed by atoms with E-state index in [-0.39, 0.29) is 30.6 Å². The van der Waals surface area contributed by atoms with E-state index in [0.29, 0.717) is 35.3 Å².